The van der Waals surface area contributed by atoms with E-state index in [1.54, 1.807) is 6.07 Å². The van der Waals surface area contributed by atoms with Crippen molar-refractivity contribution in [3.05, 3.63) is 58.6 Å². The molecule has 0 aliphatic carbocycles. The van der Waals surface area contributed by atoms with Gasteiger partial charge in [-0.3, -0.25) is 4.79 Å². The number of aryl methyl sites for hydroxylation is 1. The molecule has 108 valence electrons. The molecule has 0 saturated carbocycles. The molecule has 1 N–H and O–H groups in total. The monoisotopic (exact) mass is 301 g/mol. The quantitative estimate of drug-likeness (QED) is 0.864. The van der Waals surface area contributed by atoms with Crippen LogP contribution in [0.2, 0.25) is 5.02 Å². The van der Waals surface area contributed by atoms with Gasteiger partial charge in [0.25, 0.3) is 5.91 Å². The molecule has 0 spiro atoms. The molecule has 3 rings (SSSR count). The van der Waals surface area contributed by atoms with Crippen molar-refractivity contribution in [1.29, 1.82) is 0 Å². The Kier molecular flexibility index (Phi) is 3.84. The third-order valence-electron chi connectivity index (χ3n) is 3.80. The van der Waals surface area contributed by atoms with Crippen molar-refractivity contribution in [1.82, 2.24) is 0 Å². The molecule has 1 aliphatic heterocycles. The molecular weight excluding hydrogens is 286 g/mol. The summed E-state index contributed by atoms with van der Waals surface area (Å²) in [5.41, 5.74) is 2.67. The molecule has 0 aromatic heterocycles. The lowest BCUT2D eigenvalue weighted by Crippen LogP contribution is -2.31. The van der Waals surface area contributed by atoms with Gasteiger partial charge in [0, 0.05) is 17.8 Å². The topological polar surface area (TPSA) is 40.5 Å². The van der Waals surface area contributed by atoms with E-state index in [1.165, 1.54) is 17.7 Å². The molecule has 2 aromatic rings. The van der Waals surface area contributed by atoms with Gasteiger partial charge < -0.3 is 10.0 Å². The number of phenolic OH excluding ortho intramolecular Hbond substituents is 1. The van der Waals surface area contributed by atoms with Crippen LogP contribution in [-0.4, -0.2) is 17.6 Å². The zero-order valence-corrected chi connectivity index (χ0v) is 12.3. The van der Waals surface area contributed by atoms with Gasteiger partial charge in [0.15, 0.2) is 0 Å². The largest absolute Gasteiger partial charge is 0.506 e. The Labute approximate surface area is 128 Å². The average Bonchev–Trinajstić information content (AvgIpc) is 2.71. The molecule has 1 aliphatic rings. The summed E-state index contributed by atoms with van der Waals surface area (Å²) in [6.45, 7) is 0.703. The second-order valence-corrected chi connectivity index (χ2v) is 5.62. The molecule has 3 nitrogen and oxygen atoms in total. The van der Waals surface area contributed by atoms with E-state index in [0.717, 1.165) is 24.9 Å². The van der Waals surface area contributed by atoms with Gasteiger partial charge in [-0.25, -0.2) is 0 Å². The van der Waals surface area contributed by atoms with Gasteiger partial charge in [0.1, 0.15) is 5.75 Å². The maximum atomic E-state index is 12.8. The Hall–Kier alpha value is -2.00. The van der Waals surface area contributed by atoms with E-state index in [4.69, 9.17) is 11.6 Å². The van der Waals surface area contributed by atoms with Gasteiger partial charge in [0.2, 0.25) is 0 Å². The third-order valence-corrected chi connectivity index (χ3v) is 4.10. The molecule has 0 fully saturated rings. The number of phenols is 1. The smallest absolute Gasteiger partial charge is 0.258 e. The normalized spacial score (nSPS) is 14.4. The highest BCUT2D eigenvalue weighted by atomic mass is 35.5. The first-order valence-corrected chi connectivity index (χ1v) is 7.43. The van der Waals surface area contributed by atoms with Crippen LogP contribution >= 0.6 is 11.6 Å². The van der Waals surface area contributed by atoms with Crippen molar-refractivity contribution >= 4 is 23.2 Å². The maximum absolute atomic E-state index is 12.8. The van der Waals surface area contributed by atoms with Gasteiger partial charge in [-0.1, -0.05) is 29.8 Å². The maximum Gasteiger partial charge on any atom is 0.258 e. The van der Waals surface area contributed by atoms with Gasteiger partial charge in [-0.2, -0.15) is 0 Å². The number of halogens is 1. The summed E-state index contributed by atoms with van der Waals surface area (Å²) in [6, 6.07) is 12.6. The van der Waals surface area contributed by atoms with Crippen molar-refractivity contribution in [2.45, 2.75) is 19.3 Å². The van der Waals surface area contributed by atoms with Gasteiger partial charge in [-0.15, -0.1) is 0 Å². The fraction of sp³-hybridized carbons (Fsp3) is 0.235. The van der Waals surface area contributed by atoms with Crippen molar-refractivity contribution in [3.63, 3.8) is 0 Å². The molecular formula is C17H16ClNO2. The molecule has 2 aromatic carbocycles. The minimum Gasteiger partial charge on any atom is -0.506 e. The minimum atomic E-state index is -0.0775. The molecule has 21 heavy (non-hydrogen) atoms. The summed E-state index contributed by atoms with van der Waals surface area (Å²) in [4.78, 5) is 14.6. The summed E-state index contributed by atoms with van der Waals surface area (Å²) in [5.74, 6) is -0.0873. The number of carbonyl (C=O) groups is 1. The van der Waals surface area contributed by atoms with E-state index < -0.39 is 0 Å². The van der Waals surface area contributed by atoms with E-state index in [-0.39, 0.29) is 16.7 Å². The zero-order chi connectivity index (χ0) is 14.8. The summed E-state index contributed by atoms with van der Waals surface area (Å²) >= 11 is 5.91. The number of amides is 1. The molecule has 1 amide bonds. The Balaban J connectivity index is 1.99. The second kappa shape index (κ2) is 5.78. The second-order valence-electron chi connectivity index (χ2n) is 5.21. The number of aromatic hydroxyl groups is 1. The lowest BCUT2D eigenvalue weighted by atomic mass is 10.1. The van der Waals surface area contributed by atoms with E-state index in [9.17, 15) is 9.90 Å². The minimum absolute atomic E-state index is 0.00974. The highest BCUT2D eigenvalue weighted by molar-refractivity contribution is 6.32. The average molecular weight is 302 g/mol. The van der Waals surface area contributed by atoms with Crippen molar-refractivity contribution in [3.8, 4) is 5.75 Å². The van der Waals surface area contributed by atoms with Crippen LogP contribution in [0, 0.1) is 0 Å². The number of nitrogens with zero attached hydrogens (tertiary/aromatic N) is 1. The number of anilines is 1. The summed E-state index contributed by atoms with van der Waals surface area (Å²) in [7, 11) is 0. The number of carbonyl (C=O) groups excluding carboxylic acids is 1. The van der Waals surface area contributed by atoms with Crippen LogP contribution in [-0.2, 0) is 6.42 Å². The Morgan fingerprint density at radius 1 is 1.14 bits per heavy atom. The molecule has 0 bridgehead atoms. The molecule has 0 saturated heterocycles. The summed E-state index contributed by atoms with van der Waals surface area (Å²) in [5, 5.41) is 9.68. The van der Waals surface area contributed by atoms with Gasteiger partial charge >= 0.3 is 0 Å². The van der Waals surface area contributed by atoms with Gasteiger partial charge in [-0.05, 0) is 49.1 Å². The van der Waals surface area contributed by atoms with E-state index >= 15 is 0 Å². The first-order valence-electron chi connectivity index (χ1n) is 7.05. The van der Waals surface area contributed by atoms with Crippen LogP contribution < -0.4 is 4.90 Å². The van der Waals surface area contributed by atoms with E-state index in [2.05, 4.69) is 6.07 Å². The van der Waals surface area contributed by atoms with Crippen molar-refractivity contribution in [2.75, 3.05) is 11.4 Å². The zero-order valence-electron chi connectivity index (χ0n) is 11.6. The highest BCUT2D eigenvalue weighted by Gasteiger charge is 2.22. The predicted octanol–water partition coefficient (Wildman–Crippen LogP) is 4.03. The Morgan fingerprint density at radius 3 is 2.76 bits per heavy atom. The Morgan fingerprint density at radius 2 is 1.95 bits per heavy atom. The van der Waals surface area contributed by atoms with Crippen LogP contribution in [0.5, 0.6) is 5.75 Å². The predicted molar refractivity (Wildman–Crippen MR) is 84.2 cm³/mol. The van der Waals surface area contributed by atoms with Crippen LogP contribution in [0.25, 0.3) is 0 Å². The lowest BCUT2D eigenvalue weighted by Gasteiger charge is -2.23. The Bertz CT molecular complexity index is 684. The van der Waals surface area contributed by atoms with Crippen molar-refractivity contribution < 1.29 is 9.90 Å². The molecule has 4 heteroatoms. The first kappa shape index (κ1) is 14.0. The summed E-state index contributed by atoms with van der Waals surface area (Å²) in [6.07, 6.45) is 3.06. The third kappa shape index (κ3) is 2.74. The number of fused-ring (bicyclic) bond motifs is 1. The number of para-hydroxylation sites is 1. The first-order chi connectivity index (χ1) is 10.2. The molecule has 0 radical (unpaired) electrons. The highest BCUT2D eigenvalue weighted by Crippen LogP contribution is 2.29. The SMILES string of the molecule is O=C(c1ccc(O)c(Cl)c1)N1CCCCc2ccccc21. The fourth-order valence-electron chi connectivity index (χ4n) is 2.70. The van der Waals surface area contributed by atoms with Crippen LogP contribution in [0.15, 0.2) is 42.5 Å². The van der Waals surface area contributed by atoms with Crippen LogP contribution in [0.3, 0.4) is 0 Å². The number of benzene rings is 2. The molecule has 1 heterocycles. The number of hydrogen-bond donors (Lipinski definition) is 1. The van der Waals surface area contributed by atoms with E-state index in [1.807, 2.05) is 23.1 Å². The summed E-state index contributed by atoms with van der Waals surface area (Å²) < 4.78 is 0. The fourth-order valence-corrected chi connectivity index (χ4v) is 2.88. The number of rotatable bonds is 1. The number of hydrogen-bond acceptors (Lipinski definition) is 2. The van der Waals surface area contributed by atoms with Crippen molar-refractivity contribution in [2.24, 2.45) is 0 Å². The van der Waals surface area contributed by atoms with Crippen LogP contribution in [0.4, 0.5) is 5.69 Å². The van der Waals surface area contributed by atoms with Gasteiger partial charge in [0.05, 0.1) is 5.02 Å². The lowest BCUT2D eigenvalue weighted by molar-refractivity contribution is 0.0987. The molecule has 0 unspecified atom stereocenters. The molecule has 0 atom stereocenters. The van der Waals surface area contributed by atoms with Crippen LogP contribution in [0.1, 0.15) is 28.8 Å². The standard InChI is InChI=1S/C17H16ClNO2/c18-14-11-13(8-9-16(14)20)17(21)19-10-4-3-6-12-5-1-2-7-15(12)19/h1-2,5,7-9,11,20H,3-4,6,10H2. The van der Waals surface area contributed by atoms with E-state index in [0.29, 0.717) is 12.1 Å².